The molecule has 0 fully saturated rings. The molecule has 2 atom stereocenters. The minimum Gasteiger partial charge on any atom is -0.481 e. The highest BCUT2D eigenvalue weighted by atomic mass is 16.4. The summed E-state index contributed by atoms with van der Waals surface area (Å²) in [5.41, 5.74) is 0.654. The van der Waals surface area contributed by atoms with E-state index in [1.54, 1.807) is 31.2 Å². The van der Waals surface area contributed by atoms with Crippen molar-refractivity contribution >= 4 is 11.9 Å². The number of carboxylic acid groups (broad SMARTS) is 1. The fraction of sp³-hybridized carbons (Fsp3) is 0.357. The number of carbonyl (C=O) groups excluding carboxylic acids is 1. The number of aromatic amines is 1. The Morgan fingerprint density at radius 3 is 2.64 bits per heavy atom. The second-order valence-corrected chi connectivity index (χ2v) is 4.91. The summed E-state index contributed by atoms with van der Waals surface area (Å²) >= 11 is 0. The number of rotatable bonds is 7. The van der Waals surface area contributed by atoms with Crippen molar-refractivity contribution in [1.29, 1.82) is 0 Å². The van der Waals surface area contributed by atoms with Crippen molar-refractivity contribution in [3.63, 3.8) is 0 Å². The van der Waals surface area contributed by atoms with Crippen LogP contribution in [-0.2, 0) is 16.0 Å². The normalized spacial score (nSPS) is 13.3. The molecule has 2 aromatic rings. The first-order valence-corrected chi connectivity index (χ1v) is 6.87. The van der Waals surface area contributed by atoms with Gasteiger partial charge in [-0.2, -0.15) is 5.21 Å². The van der Waals surface area contributed by atoms with E-state index >= 15 is 0 Å². The Hall–Kier alpha value is -2.77. The smallest absolute Gasteiger partial charge is 0.313 e. The van der Waals surface area contributed by atoms with Gasteiger partial charge in [0.25, 0.3) is 0 Å². The zero-order chi connectivity index (χ0) is 15.9. The number of benzene rings is 1. The van der Waals surface area contributed by atoms with Crippen LogP contribution < -0.4 is 5.32 Å². The highest BCUT2D eigenvalue weighted by molar-refractivity contribution is 5.80. The Balaban J connectivity index is 1.95. The van der Waals surface area contributed by atoms with Crippen LogP contribution >= 0.6 is 0 Å². The third kappa shape index (κ3) is 4.11. The van der Waals surface area contributed by atoms with Crippen molar-refractivity contribution in [2.45, 2.75) is 31.7 Å². The molecule has 1 heterocycles. The molecule has 8 nitrogen and oxygen atoms in total. The van der Waals surface area contributed by atoms with E-state index in [4.69, 9.17) is 0 Å². The molecule has 0 aliphatic carbocycles. The Labute approximate surface area is 126 Å². The lowest BCUT2D eigenvalue weighted by Crippen LogP contribution is -2.40. The van der Waals surface area contributed by atoms with Gasteiger partial charge >= 0.3 is 5.97 Å². The van der Waals surface area contributed by atoms with E-state index in [0.717, 1.165) is 0 Å². The summed E-state index contributed by atoms with van der Waals surface area (Å²) in [6, 6.07) is 8.31. The summed E-state index contributed by atoms with van der Waals surface area (Å²) in [5.74, 6) is -1.58. The molecule has 0 saturated heterocycles. The van der Waals surface area contributed by atoms with Gasteiger partial charge < -0.3 is 10.4 Å². The van der Waals surface area contributed by atoms with E-state index in [1.165, 1.54) is 0 Å². The van der Waals surface area contributed by atoms with Gasteiger partial charge in [-0.1, -0.05) is 35.5 Å². The van der Waals surface area contributed by atoms with Crippen LogP contribution in [0.3, 0.4) is 0 Å². The molecule has 116 valence electrons. The first-order valence-electron chi connectivity index (χ1n) is 6.87. The summed E-state index contributed by atoms with van der Waals surface area (Å²) in [6.07, 6.45) is 0.517. The Kier molecular flexibility index (Phi) is 5.18. The molecular weight excluding hydrogens is 286 g/mol. The van der Waals surface area contributed by atoms with E-state index in [2.05, 4.69) is 25.9 Å². The summed E-state index contributed by atoms with van der Waals surface area (Å²) < 4.78 is 0. The summed E-state index contributed by atoms with van der Waals surface area (Å²) in [5, 5.41) is 25.4. The molecule has 1 aromatic heterocycles. The topological polar surface area (TPSA) is 121 Å². The predicted octanol–water partition coefficient (Wildman–Crippen LogP) is 0.505. The minimum atomic E-state index is -0.975. The number of tetrazole rings is 1. The number of carbonyl (C=O) groups is 2. The minimum absolute atomic E-state index is 0.172. The summed E-state index contributed by atoms with van der Waals surface area (Å²) in [7, 11) is 0. The third-order valence-corrected chi connectivity index (χ3v) is 3.28. The fourth-order valence-corrected chi connectivity index (χ4v) is 2.23. The second-order valence-electron chi connectivity index (χ2n) is 4.91. The Bertz CT molecular complexity index is 615. The van der Waals surface area contributed by atoms with Gasteiger partial charge in [-0.05, 0) is 12.5 Å². The van der Waals surface area contributed by atoms with Crippen LogP contribution in [0.4, 0.5) is 0 Å². The third-order valence-electron chi connectivity index (χ3n) is 3.28. The number of carboxylic acids is 1. The molecule has 0 bridgehead atoms. The van der Waals surface area contributed by atoms with Gasteiger partial charge in [0.2, 0.25) is 5.91 Å². The van der Waals surface area contributed by atoms with Crippen molar-refractivity contribution in [1.82, 2.24) is 25.9 Å². The molecule has 2 unspecified atom stereocenters. The van der Waals surface area contributed by atoms with Crippen molar-refractivity contribution in [3.8, 4) is 0 Å². The van der Waals surface area contributed by atoms with Crippen LogP contribution in [-0.4, -0.2) is 43.6 Å². The lowest BCUT2D eigenvalue weighted by atomic mass is 9.92. The number of nitrogens with one attached hydrogen (secondary N) is 2. The molecular formula is C14H17N5O3. The maximum Gasteiger partial charge on any atom is 0.313 e. The first-order chi connectivity index (χ1) is 10.6. The number of H-pyrrole nitrogens is 1. The second kappa shape index (κ2) is 7.30. The van der Waals surface area contributed by atoms with E-state index < -0.39 is 17.9 Å². The maximum absolute atomic E-state index is 11.9. The van der Waals surface area contributed by atoms with Gasteiger partial charge in [0, 0.05) is 18.9 Å². The van der Waals surface area contributed by atoms with Gasteiger partial charge in [0.15, 0.2) is 5.82 Å². The SMILES string of the molecule is CC(NC(=O)CCc1nn[nH]n1)C(C(=O)O)c1ccccc1. The van der Waals surface area contributed by atoms with E-state index in [0.29, 0.717) is 17.8 Å². The quantitative estimate of drug-likeness (QED) is 0.685. The van der Waals surface area contributed by atoms with Gasteiger partial charge in [-0.15, -0.1) is 10.2 Å². The van der Waals surface area contributed by atoms with Crippen molar-refractivity contribution in [2.24, 2.45) is 0 Å². The van der Waals surface area contributed by atoms with Crippen LogP contribution in [0.1, 0.15) is 30.7 Å². The number of aliphatic carboxylic acids is 1. The summed E-state index contributed by atoms with van der Waals surface area (Å²) in [6.45, 7) is 1.68. The standard InChI is InChI=1S/C14H17N5O3/c1-9(13(14(21)22)10-5-3-2-4-6-10)15-12(20)8-7-11-16-18-19-17-11/h2-6,9,13H,7-8H2,1H3,(H,15,20)(H,21,22)(H,16,17,18,19). The van der Waals surface area contributed by atoms with Crippen LogP contribution in [0.2, 0.25) is 0 Å². The molecule has 1 aromatic carbocycles. The van der Waals surface area contributed by atoms with Crippen molar-refractivity contribution in [3.05, 3.63) is 41.7 Å². The van der Waals surface area contributed by atoms with E-state index in [1.807, 2.05) is 6.07 Å². The lowest BCUT2D eigenvalue weighted by molar-refractivity contribution is -0.139. The lowest BCUT2D eigenvalue weighted by Gasteiger charge is -2.21. The molecule has 22 heavy (non-hydrogen) atoms. The van der Waals surface area contributed by atoms with E-state index in [-0.39, 0.29) is 12.3 Å². The molecule has 3 N–H and O–H groups in total. The molecule has 0 radical (unpaired) electrons. The van der Waals surface area contributed by atoms with Gasteiger partial charge in [-0.25, -0.2) is 0 Å². The highest BCUT2D eigenvalue weighted by Gasteiger charge is 2.27. The molecule has 0 spiro atoms. The summed E-state index contributed by atoms with van der Waals surface area (Å²) in [4.78, 5) is 23.4. The molecule has 0 aliphatic heterocycles. The Morgan fingerprint density at radius 1 is 1.32 bits per heavy atom. The molecule has 0 saturated carbocycles. The number of aromatic nitrogens is 4. The van der Waals surface area contributed by atoms with E-state index in [9.17, 15) is 14.7 Å². The molecule has 2 rings (SSSR count). The molecule has 0 aliphatic rings. The highest BCUT2D eigenvalue weighted by Crippen LogP contribution is 2.20. The van der Waals surface area contributed by atoms with Gasteiger partial charge in [-0.3, -0.25) is 9.59 Å². The van der Waals surface area contributed by atoms with Crippen LogP contribution in [0.5, 0.6) is 0 Å². The van der Waals surface area contributed by atoms with Crippen LogP contribution in [0.25, 0.3) is 0 Å². The zero-order valence-corrected chi connectivity index (χ0v) is 12.1. The fourth-order valence-electron chi connectivity index (χ4n) is 2.23. The van der Waals surface area contributed by atoms with Crippen LogP contribution in [0.15, 0.2) is 30.3 Å². The van der Waals surface area contributed by atoms with Crippen LogP contribution in [0, 0.1) is 0 Å². The largest absolute Gasteiger partial charge is 0.481 e. The molecule has 1 amide bonds. The average molecular weight is 303 g/mol. The number of hydrogen-bond acceptors (Lipinski definition) is 5. The number of hydrogen-bond donors (Lipinski definition) is 3. The predicted molar refractivity (Wildman–Crippen MR) is 76.9 cm³/mol. The first kappa shape index (κ1) is 15.6. The number of nitrogens with zero attached hydrogens (tertiary/aromatic N) is 3. The Morgan fingerprint density at radius 2 is 2.05 bits per heavy atom. The average Bonchev–Trinajstić information content (AvgIpc) is 2.99. The van der Waals surface area contributed by atoms with Crippen molar-refractivity contribution < 1.29 is 14.7 Å². The number of amides is 1. The zero-order valence-electron chi connectivity index (χ0n) is 12.1. The molecule has 8 heteroatoms. The van der Waals surface area contributed by atoms with Gasteiger partial charge in [0.05, 0.1) is 0 Å². The van der Waals surface area contributed by atoms with Crippen molar-refractivity contribution in [2.75, 3.05) is 0 Å². The monoisotopic (exact) mass is 303 g/mol. The maximum atomic E-state index is 11.9. The van der Waals surface area contributed by atoms with Gasteiger partial charge in [0.1, 0.15) is 5.92 Å². The number of aryl methyl sites for hydroxylation is 1.